The van der Waals surface area contributed by atoms with Gasteiger partial charge >= 0.3 is 5.97 Å². The first-order valence-corrected chi connectivity index (χ1v) is 6.82. The molecule has 1 aliphatic heterocycles. The quantitative estimate of drug-likeness (QED) is 0.818. The Morgan fingerprint density at radius 3 is 2.84 bits per heavy atom. The molecule has 1 aliphatic rings. The number of nitrogens with zero attached hydrogens (tertiary/aromatic N) is 1. The van der Waals surface area contributed by atoms with E-state index in [-0.39, 0.29) is 5.56 Å². The number of aromatic carboxylic acids is 1. The number of benzene rings is 1. The highest BCUT2D eigenvalue weighted by atomic mass is 16.4. The van der Waals surface area contributed by atoms with Gasteiger partial charge in [-0.25, -0.2) is 4.79 Å². The van der Waals surface area contributed by atoms with Crippen LogP contribution in [0.15, 0.2) is 18.2 Å². The molecule has 1 aromatic carbocycles. The summed E-state index contributed by atoms with van der Waals surface area (Å²) in [4.78, 5) is 13.6. The molecule has 4 heteroatoms. The van der Waals surface area contributed by atoms with Gasteiger partial charge in [-0.2, -0.15) is 0 Å². The van der Waals surface area contributed by atoms with Gasteiger partial charge in [0.1, 0.15) is 0 Å². The van der Waals surface area contributed by atoms with Crippen molar-refractivity contribution in [1.82, 2.24) is 4.90 Å². The number of likely N-dealkylation sites (tertiary alicyclic amines) is 1. The molecule has 1 unspecified atom stereocenters. The average molecular weight is 262 g/mol. The first-order valence-electron chi connectivity index (χ1n) is 6.82. The van der Waals surface area contributed by atoms with E-state index >= 15 is 0 Å². The van der Waals surface area contributed by atoms with Gasteiger partial charge in [0.15, 0.2) is 0 Å². The summed E-state index contributed by atoms with van der Waals surface area (Å²) in [5.74, 6) is 0.465. The molecule has 2 rings (SSSR count). The molecule has 1 aromatic rings. The van der Waals surface area contributed by atoms with Crippen LogP contribution in [0.4, 0.5) is 5.69 Å². The largest absolute Gasteiger partial charge is 0.478 e. The Hall–Kier alpha value is -1.55. The monoisotopic (exact) mass is 262 g/mol. The molecule has 1 saturated heterocycles. The van der Waals surface area contributed by atoms with Crippen molar-refractivity contribution >= 4 is 11.7 Å². The lowest BCUT2D eigenvalue weighted by Gasteiger charge is -2.19. The second-order valence-corrected chi connectivity index (χ2v) is 5.71. The molecule has 4 nitrogen and oxygen atoms in total. The summed E-state index contributed by atoms with van der Waals surface area (Å²) in [6.07, 6.45) is 1.20. The number of hydrogen-bond acceptors (Lipinski definition) is 3. The van der Waals surface area contributed by atoms with Gasteiger partial charge < -0.3 is 10.8 Å². The van der Waals surface area contributed by atoms with Crippen LogP contribution >= 0.6 is 0 Å². The van der Waals surface area contributed by atoms with Crippen molar-refractivity contribution < 1.29 is 9.90 Å². The summed E-state index contributed by atoms with van der Waals surface area (Å²) in [7, 11) is 0. The fourth-order valence-electron chi connectivity index (χ4n) is 2.80. The van der Waals surface area contributed by atoms with Gasteiger partial charge in [0.2, 0.25) is 0 Å². The molecule has 0 aromatic heterocycles. The predicted octanol–water partition coefficient (Wildman–Crippen LogP) is 2.44. The highest BCUT2D eigenvalue weighted by Gasteiger charge is 2.26. The molecule has 104 valence electrons. The van der Waals surface area contributed by atoms with Crippen molar-refractivity contribution in [2.45, 2.75) is 26.8 Å². The number of carboxylic acids is 1. The highest BCUT2D eigenvalue weighted by molar-refractivity contribution is 5.95. The van der Waals surface area contributed by atoms with Gasteiger partial charge in [-0.1, -0.05) is 26.0 Å². The SMILES string of the molecule is CC(C)C1CCN(Cc2cccc(N)c2C(=O)O)C1. The normalized spacial score (nSPS) is 20.1. The van der Waals surface area contributed by atoms with E-state index in [4.69, 9.17) is 5.73 Å². The number of nitrogen functional groups attached to an aromatic ring is 1. The molecular weight excluding hydrogens is 240 g/mol. The molecule has 3 N–H and O–H groups in total. The van der Waals surface area contributed by atoms with Gasteiger partial charge in [0.05, 0.1) is 5.56 Å². The van der Waals surface area contributed by atoms with Crippen LogP contribution in [0.1, 0.15) is 36.2 Å². The molecule has 0 amide bonds. The first-order chi connectivity index (χ1) is 8.99. The predicted molar refractivity (Wildman–Crippen MR) is 76.0 cm³/mol. The van der Waals surface area contributed by atoms with E-state index in [0.717, 1.165) is 18.7 Å². The van der Waals surface area contributed by atoms with Crippen molar-refractivity contribution in [2.75, 3.05) is 18.8 Å². The van der Waals surface area contributed by atoms with Crippen LogP contribution in [0.25, 0.3) is 0 Å². The van der Waals surface area contributed by atoms with Gasteiger partial charge in [0, 0.05) is 18.8 Å². The summed E-state index contributed by atoms with van der Waals surface area (Å²) in [6.45, 7) is 7.26. The van der Waals surface area contributed by atoms with E-state index in [1.54, 1.807) is 6.07 Å². The second-order valence-electron chi connectivity index (χ2n) is 5.71. The maximum Gasteiger partial charge on any atom is 0.338 e. The molecule has 19 heavy (non-hydrogen) atoms. The molecule has 1 atom stereocenters. The Bertz CT molecular complexity index is 471. The van der Waals surface area contributed by atoms with Crippen LogP contribution in [-0.4, -0.2) is 29.1 Å². The molecule has 0 spiro atoms. The Balaban J connectivity index is 2.12. The van der Waals surface area contributed by atoms with Crippen molar-refractivity contribution in [3.05, 3.63) is 29.3 Å². The fourth-order valence-corrected chi connectivity index (χ4v) is 2.80. The van der Waals surface area contributed by atoms with Gasteiger partial charge in [0.25, 0.3) is 0 Å². The molecule has 0 saturated carbocycles. The third kappa shape index (κ3) is 3.07. The number of anilines is 1. The van der Waals surface area contributed by atoms with Crippen molar-refractivity contribution in [2.24, 2.45) is 11.8 Å². The number of carbonyl (C=O) groups is 1. The molecule has 0 bridgehead atoms. The van der Waals surface area contributed by atoms with Crippen molar-refractivity contribution in [3.8, 4) is 0 Å². The number of nitrogens with two attached hydrogens (primary N) is 1. The van der Waals surface area contributed by atoms with Crippen LogP contribution in [-0.2, 0) is 6.54 Å². The van der Waals surface area contributed by atoms with Crippen LogP contribution in [0.2, 0.25) is 0 Å². The molecular formula is C15H22N2O2. The minimum Gasteiger partial charge on any atom is -0.478 e. The van der Waals surface area contributed by atoms with E-state index in [1.807, 2.05) is 12.1 Å². The van der Waals surface area contributed by atoms with E-state index in [1.165, 1.54) is 6.42 Å². The van der Waals surface area contributed by atoms with E-state index in [2.05, 4.69) is 18.7 Å². The smallest absolute Gasteiger partial charge is 0.338 e. The van der Waals surface area contributed by atoms with E-state index < -0.39 is 5.97 Å². The van der Waals surface area contributed by atoms with Crippen molar-refractivity contribution in [1.29, 1.82) is 0 Å². The Morgan fingerprint density at radius 1 is 1.53 bits per heavy atom. The van der Waals surface area contributed by atoms with Gasteiger partial charge in [-0.05, 0) is 36.4 Å². The summed E-state index contributed by atoms with van der Waals surface area (Å²) < 4.78 is 0. The topological polar surface area (TPSA) is 66.6 Å². The Kier molecular flexibility index (Phi) is 4.10. The fraction of sp³-hybridized carbons (Fsp3) is 0.533. The van der Waals surface area contributed by atoms with E-state index in [0.29, 0.717) is 24.1 Å². The minimum absolute atomic E-state index is 0.260. The summed E-state index contributed by atoms with van der Waals surface area (Å²) in [5, 5.41) is 9.26. The number of rotatable bonds is 4. The van der Waals surface area contributed by atoms with Crippen molar-refractivity contribution in [3.63, 3.8) is 0 Å². The highest BCUT2D eigenvalue weighted by Crippen LogP contribution is 2.26. The van der Waals surface area contributed by atoms with Crippen LogP contribution in [0, 0.1) is 11.8 Å². The zero-order chi connectivity index (χ0) is 14.0. The first kappa shape index (κ1) is 13.9. The van der Waals surface area contributed by atoms with E-state index in [9.17, 15) is 9.90 Å². The average Bonchev–Trinajstić information content (AvgIpc) is 2.77. The number of hydrogen-bond donors (Lipinski definition) is 2. The Morgan fingerprint density at radius 2 is 2.26 bits per heavy atom. The zero-order valence-corrected chi connectivity index (χ0v) is 11.6. The lowest BCUT2D eigenvalue weighted by molar-refractivity contribution is 0.0696. The van der Waals surface area contributed by atoms with Crippen LogP contribution in [0.3, 0.4) is 0 Å². The maximum atomic E-state index is 11.3. The standard InChI is InChI=1S/C15H22N2O2/c1-10(2)11-6-7-17(8-11)9-12-4-3-5-13(16)14(12)15(18)19/h3-5,10-11H,6-9,16H2,1-2H3,(H,18,19). The third-order valence-electron chi connectivity index (χ3n) is 4.04. The summed E-state index contributed by atoms with van der Waals surface area (Å²) >= 11 is 0. The maximum absolute atomic E-state index is 11.3. The van der Waals surface area contributed by atoms with Gasteiger partial charge in [-0.3, -0.25) is 4.90 Å². The summed E-state index contributed by atoms with van der Waals surface area (Å²) in [6, 6.07) is 5.34. The summed E-state index contributed by atoms with van der Waals surface area (Å²) in [5.41, 5.74) is 7.20. The van der Waals surface area contributed by atoms with Gasteiger partial charge in [-0.15, -0.1) is 0 Å². The third-order valence-corrected chi connectivity index (χ3v) is 4.04. The zero-order valence-electron chi connectivity index (χ0n) is 11.6. The molecule has 1 heterocycles. The number of carboxylic acid groups (broad SMARTS) is 1. The molecule has 0 radical (unpaired) electrons. The van der Waals surface area contributed by atoms with Crippen LogP contribution in [0.5, 0.6) is 0 Å². The van der Waals surface area contributed by atoms with Crippen LogP contribution < -0.4 is 5.73 Å². The molecule has 1 fully saturated rings. The lowest BCUT2D eigenvalue weighted by atomic mass is 9.95. The lowest BCUT2D eigenvalue weighted by Crippen LogP contribution is -2.23. The minimum atomic E-state index is -0.937. The molecule has 0 aliphatic carbocycles. The Labute approximate surface area is 114 Å². The second kappa shape index (κ2) is 5.61.